The molecule has 1 aliphatic carbocycles. The average Bonchev–Trinajstić information content (AvgIpc) is 2.51. The minimum absolute atomic E-state index is 0.133. The lowest BCUT2D eigenvalue weighted by Crippen LogP contribution is -2.45. The molecule has 2 atom stereocenters. The van der Waals surface area contributed by atoms with Gasteiger partial charge in [0.15, 0.2) is 0 Å². The first-order valence-corrected chi connectivity index (χ1v) is 8.19. The molecule has 1 aliphatic rings. The average molecular weight is 303 g/mol. The quantitative estimate of drug-likeness (QED) is 0.579. The second-order valence-corrected chi connectivity index (χ2v) is 5.81. The monoisotopic (exact) mass is 303 g/mol. The van der Waals surface area contributed by atoms with E-state index in [-0.39, 0.29) is 11.9 Å². The Morgan fingerprint density at radius 1 is 1.36 bits per heavy atom. The standard InChI is InChI=1S/C19H29NO2/c1-5-7-11-14(3)15(4)16(10-6-2)19(22)20-17-12-8-9-13-18(17)21/h5,7,10-11,17-18,21H,4,6,8-9,12-13H2,1-3H3,(H,20,22)/b7-5-,14-11-,16-10+/t17-,18?/m0/s1. The third-order valence-corrected chi connectivity index (χ3v) is 4.04. The third kappa shape index (κ3) is 5.30. The molecule has 1 unspecified atom stereocenters. The van der Waals surface area contributed by atoms with Gasteiger partial charge in [-0.15, -0.1) is 0 Å². The van der Waals surface area contributed by atoms with Crippen molar-refractivity contribution in [1.29, 1.82) is 0 Å². The largest absolute Gasteiger partial charge is 0.391 e. The molecule has 3 nitrogen and oxygen atoms in total. The second-order valence-electron chi connectivity index (χ2n) is 5.81. The predicted octanol–water partition coefficient (Wildman–Crippen LogP) is 3.82. The zero-order chi connectivity index (χ0) is 16.5. The van der Waals surface area contributed by atoms with Crippen molar-refractivity contribution >= 4 is 5.91 Å². The number of hydrogen-bond acceptors (Lipinski definition) is 2. The maximum atomic E-state index is 12.6. The summed E-state index contributed by atoms with van der Waals surface area (Å²) < 4.78 is 0. The first-order valence-electron chi connectivity index (χ1n) is 8.19. The van der Waals surface area contributed by atoms with Crippen LogP contribution < -0.4 is 5.32 Å². The molecule has 0 aromatic rings. The van der Waals surface area contributed by atoms with Gasteiger partial charge >= 0.3 is 0 Å². The van der Waals surface area contributed by atoms with E-state index in [1.54, 1.807) is 0 Å². The van der Waals surface area contributed by atoms with E-state index in [9.17, 15) is 9.90 Å². The molecule has 0 aliphatic heterocycles. The highest BCUT2D eigenvalue weighted by Crippen LogP contribution is 2.22. The van der Waals surface area contributed by atoms with Crippen LogP contribution in [0.25, 0.3) is 0 Å². The van der Waals surface area contributed by atoms with Crippen LogP contribution in [0, 0.1) is 0 Å². The zero-order valence-electron chi connectivity index (χ0n) is 14.1. The molecular weight excluding hydrogens is 274 g/mol. The Bertz CT molecular complexity index is 486. The number of carbonyl (C=O) groups excluding carboxylic acids is 1. The van der Waals surface area contributed by atoms with E-state index in [0.29, 0.717) is 5.57 Å². The molecule has 1 saturated carbocycles. The summed E-state index contributed by atoms with van der Waals surface area (Å²) in [7, 11) is 0. The van der Waals surface area contributed by atoms with Crippen LogP contribution in [-0.2, 0) is 4.79 Å². The fourth-order valence-corrected chi connectivity index (χ4v) is 2.64. The number of rotatable bonds is 6. The molecule has 0 spiro atoms. The van der Waals surface area contributed by atoms with Gasteiger partial charge in [0.05, 0.1) is 12.1 Å². The number of aliphatic hydroxyl groups is 1. The smallest absolute Gasteiger partial charge is 0.251 e. The summed E-state index contributed by atoms with van der Waals surface area (Å²) in [5.41, 5.74) is 2.32. The van der Waals surface area contributed by atoms with Crippen molar-refractivity contribution in [2.75, 3.05) is 0 Å². The van der Waals surface area contributed by atoms with Gasteiger partial charge in [0.2, 0.25) is 0 Å². The molecule has 0 aromatic carbocycles. The van der Waals surface area contributed by atoms with Crippen molar-refractivity contribution in [1.82, 2.24) is 5.32 Å². The van der Waals surface area contributed by atoms with Gasteiger partial charge in [0.25, 0.3) is 5.91 Å². The Hall–Kier alpha value is -1.61. The van der Waals surface area contributed by atoms with Gasteiger partial charge in [-0.2, -0.15) is 0 Å². The summed E-state index contributed by atoms with van der Waals surface area (Å²) in [5, 5.41) is 13.0. The second kappa shape index (κ2) is 9.42. The molecule has 1 fully saturated rings. The highest BCUT2D eigenvalue weighted by atomic mass is 16.3. The van der Waals surface area contributed by atoms with Gasteiger partial charge in [0, 0.05) is 5.57 Å². The number of aliphatic hydroxyl groups excluding tert-OH is 1. The lowest BCUT2D eigenvalue weighted by molar-refractivity contribution is -0.119. The Morgan fingerprint density at radius 2 is 2.05 bits per heavy atom. The van der Waals surface area contributed by atoms with Crippen molar-refractivity contribution in [3.8, 4) is 0 Å². The Morgan fingerprint density at radius 3 is 2.64 bits per heavy atom. The Balaban J connectivity index is 2.84. The lowest BCUT2D eigenvalue weighted by Gasteiger charge is -2.29. The van der Waals surface area contributed by atoms with Crippen LogP contribution >= 0.6 is 0 Å². The molecule has 0 saturated heterocycles. The van der Waals surface area contributed by atoms with E-state index in [1.165, 1.54) is 0 Å². The maximum absolute atomic E-state index is 12.6. The highest BCUT2D eigenvalue weighted by molar-refractivity contribution is 5.99. The molecule has 0 bridgehead atoms. The van der Waals surface area contributed by atoms with Crippen LogP contribution in [0.2, 0.25) is 0 Å². The van der Waals surface area contributed by atoms with E-state index >= 15 is 0 Å². The summed E-state index contributed by atoms with van der Waals surface area (Å²) in [4.78, 5) is 12.6. The number of hydrogen-bond donors (Lipinski definition) is 2. The van der Waals surface area contributed by atoms with Crippen molar-refractivity contribution in [3.05, 3.63) is 47.6 Å². The van der Waals surface area contributed by atoms with E-state index < -0.39 is 6.10 Å². The number of allylic oxidation sites excluding steroid dienone is 5. The van der Waals surface area contributed by atoms with Crippen molar-refractivity contribution < 1.29 is 9.90 Å². The minimum Gasteiger partial charge on any atom is -0.391 e. The van der Waals surface area contributed by atoms with Gasteiger partial charge in [-0.25, -0.2) is 0 Å². The topological polar surface area (TPSA) is 49.3 Å². The van der Waals surface area contributed by atoms with Crippen molar-refractivity contribution in [2.45, 2.75) is 65.0 Å². The van der Waals surface area contributed by atoms with E-state index in [2.05, 4.69) is 11.9 Å². The number of nitrogens with one attached hydrogen (secondary N) is 1. The van der Waals surface area contributed by atoms with Crippen molar-refractivity contribution in [2.24, 2.45) is 0 Å². The fraction of sp³-hybridized carbons (Fsp3) is 0.526. The molecule has 1 amide bonds. The molecule has 0 heterocycles. The molecule has 2 N–H and O–H groups in total. The summed E-state index contributed by atoms with van der Waals surface area (Å²) in [6.07, 6.45) is 11.8. The van der Waals surface area contributed by atoms with Crippen LogP contribution in [-0.4, -0.2) is 23.2 Å². The fourth-order valence-electron chi connectivity index (χ4n) is 2.64. The molecule has 0 aromatic heterocycles. The molecule has 22 heavy (non-hydrogen) atoms. The van der Waals surface area contributed by atoms with Crippen LogP contribution in [0.3, 0.4) is 0 Å². The van der Waals surface area contributed by atoms with Crippen LogP contribution in [0.4, 0.5) is 0 Å². The maximum Gasteiger partial charge on any atom is 0.251 e. The van der Waals surface area contributed by atoms with Gasteiger partial charge in [-0.3, -0.25) is 4.79 Å². The van der Waals surface area contributed by atoms with E-state index in [4.69, 9.17) is 0 Å². The van der Waals surface area contributed by atoms with Crippen LogP contribution in [0.5, 0.6) is 0 Å². The summed E-state index contributed by atoms with van der Waals surface area (Å²) in [6, 6.07) is -0.144. The number of carbonyl (C=O) groups is 1. The van der Waals surface area contributed by atoms with Crippen molar-refractivity contribution in [3.63, 3.8) is 0 Å². The Labute approximate surface area is 134 Å². The Kier molecular flexibility index (Phi) is 7.89. The first-order chi connectivity index (χ1) is 10.5. The number of amides is 1. The van der Waals surface area contributed by atoms with Crippen LogP contribution in [0.1, 0.15) is 52.9 Å². The summed E-state index contributed by atoms with van der Waals surface area (Å²) >= 11 is 0. The first kappa shape index (κ1) is 18.4. The highest BCUT2D eigenvalue weighted by Gasteiger charge is 2.26. The lowest BCUT2D eigenvalue weighted by atomic mass is 9.91. The molecule has 1 rings (SSSR count). The zero-order valence-corrected chi connectivity index (χ0v) is 14.1. The molecule has 122 valence electrons. The van der Waals surface area contributed by atoms with Crippen LogP contribution in [0.15, 0.2) is 47.6 Å². The van der Waals surface area contributed by atoms with E-state index in [1.807, 2.05) is 45.1 Å². The molecule has 3 heteroatoms. The SMILES string of the molecule is C=C(/C(C)=C\C=C/C)/C(=C\CC)C(=O)N[C@H]1CCCCC1O. The van der Waals surface area contributed by atoms with Gasteiger partial charge < -0.3 is 10.4 Å². The third-order valence-electron chi connectivity index (χ3n) is 4.04. The summed E-state index contributed by atoms with van der Waals surface area (Å²) in [5.74, 6) is -0.133. The van der Waals surface area contributed by atoms with Gasteiger partial charge in [-0.1, -0.05) is 50.6 Å². The normalized spacial score (nSPS) is 23.6. The predicted molar refractivity (Wildman–Crippen MR) is 92.5 cm³/mol. The summed E-state index contributed by atoms with van der Waals surface area (Å²) in [6.45, 7) is 9.97. The minimum atomic E-state index is -0.437. The molecule has 0 radical (unpaired) electrons. The van der Waals surface area contributed by atoms with Gasteiger partial charge in [0.1, 0.15) is 0 Å². The van der Waals surface area contributed by atoms with E-state index in [0.717, 1.165) is 43.3 Å². The van der Waals surface area contributed by atoms with Gasteiger partial charge in [-0.05, 0) is 44.3 Å². The molecular formula is C19H29NO2.